The van der Waals surface area contributed by atoms with Gasteiger partial charge in [-0.3, -0.25) is 4.79 Å². The molecule has 3 heterocycles. The molecule has 0 aliphatic rings. The van der Waals surface area contributed by atoms with Crippen LogP contribution in [0.2, 0.25) is 0 Å². The fourth-order valence-electron chi connectivity index (χ4n) is 1.99. The molecule has 3 aromatic heterocycles. The first-order chi connectivity index (χ1) is 11.2. The van der Waals surface area contributed by atoms with Crippen molar-refractivity contribution in [2.24, 2.45) is 0 Å². The molecule has 0 bridgehead atoms. The lowest BCUT2D eigenvalue weighted by atomic mass is 10.3. The number of amides is 1. The average molecular weight is 362 g/mol. The lowest BCUT2D eigenvalue weighted by molar-refractivity contribution is 0.103. The number of thiophene rings is 1. The lowest BCUT2D eigenvalue weighted by Crippen LogP contribution is -2.11. The predicted octanol–water partition coefficient (Wildman–Crippen LogP) is 4.94. The molecule has 0 radical (unpaired) electrons. The highest BCUT2D eigenvalue weighted by Crippen LogP contribution is 2.31. The zero-order valence-corrected chi connectivity index (χ0v) is 15.1. The molecule has 7 heteroatoms. The Morgan fingerprint density at radius 1 is 1.35 bits per heavy atom. The Labute approximate surface area is 147 Å². The molecule has 0 atom stereocenters. The van der Waals surface area contributed by atoms with Crippen LogP contribution in [0.1, 0.15) is 22.3 Å². The molecule has 0 saturated carbocycles. The second kappa shape index (κ2) is 7.25. The van der Waals surface area contributed by atoms with E-state index in [1.54, 1.807) is 29.3 Å². The van der Waals surface area contributed by atoms with Crippen LogP contribution < -0.4 is 5.32 Å². The van der Waals surface area contributed by atoms with E-state index in [4.69, 9.17) is 0 Å². The van der Waals surface area contributed by atoms with E-state index in [1.165, 1.54) is 11.3 Å². The number of pyridine rings is 1. The van der Waals surface area contributed by atoms with Crippen molar-refractivity contribution >= 4 is 46.0 Å². The van der Waals surface area contributed by atoms with Gasteiger partial charge in [-0.1, -0.05) is 13.0 Å². The molecule has 0 unspecified atom stereocenters. The molecule has 3 rings (SSSR count). The molecule has 3 aromatic rings. The summed E-state index contributed by atoms with van der Waals surface area (Å²) >= 11 is 4.72. The Bertz CT molecular complexity index is 795. The topological polar surface area (TPSA) is 54.9 Å². The van der Waals surface area contributed by atoms with Crippen molar-refractivity contribution in [2.75, 3.05) is 11.1 Å². The number of aromatic nitrogens is 2. The summed E-state index contributed by atoms with van der Waals surface area (Å²) in [7, 11) is 0. The van der Waals surface area contributed by atoms with Gasteiger partial charge in [0.1, 0.15) is 9.88 Å². The quantitative estimate of drug-likeness (QED) is 0.654. The van der Waals surface area contributed by atoms with Crippen LogP contribution in [0, 0.1) is 6.92 Å². The minimum absolute atomic E-state index is 0.138. The minimum Gasteiger partial charge on any atom is -0.320 e. The van der Waals surface area contributed by atoms with Crippen LogP contribution in [0.3, 0.4) is 0 Å². The van der Waals surface area contributed by atoms with E-state index >= 15 is 0 Å². The van der Waals surface area contributed by atoms with Gasteiger partial charge in [0.05, 0.1) is 27.5 Å². The van der Waals surface area contributed by atoms with Crippen LogP contribution in [-0.2, 0) is 0 Å². The zero-order chi connectivity index (χ0) is 16.2. The van der Waals surface area contributed by atoms with Gasteiger partial charge >= 0.3 is 0 Å². The van der Waals surface area contributed by atoms with Gasteiger partial charge in [-0.05, 0) is 36.3 Å². The van der Waals surface area contributed by atoms with Crippen LogP contribution in [0.4, 0.5) is 5.69 Å². The van der Waals surface area contributed by atoms with E-state index in [-0.39, 0.29) is 5.91 Å². The summed E-state index contributed by atoms with van der Waals surface area (Å²) in [6.45, 7) is 3.95. The summed E-state index contributed by atoms with van der Waals surface area (Å²) in [6, 6.07) is 7.79. The maximum Gasteiger partial charge on any atom is 0.267 e. The van der Waals surface area contributed by atoms with E-state index < -0.39 is 0 Å². The van der Waals surface area contributed by atoms with Crippen molar-refractivity contribution in [3.05, 3.63) is 46.4 Å². The normalized spacial score (nSPS) is 10.7. The zero-order valence-electron chi connectivity index (χ0n) is 12.7. The number of aryl methyl sites for hydroxylation is 1. The third-order valence-electron chi connectivity index (χ3n) is 3.02. The van der Waals surface area contributed by atoms with Crippen molar-refractivity contribution in [1.29, 1.82) is 0 Å². The molecule has 118 valence electrons. The molecule has 0 aromatic carbocycles. The largest absolute Gasteiger partial charge is 0.320 e. The second-order valence-electron chi connectivity index (χ2n) is 4.68. The van der Waals surface area contributed by atoms with Crippen molar-refractivity contribution in [1.82, 2.24) is 9.97 Å². The molecule has 0 saturated heterocycles. The molecule has 1 N–H and O–H groups in total. The standard InChI is InChI=1S/C16H15N3OS3/c1-3-21-13-7-6-11(9-17-13)19-15(20)14-10(2)18-16(23-14)12-5-4-8-22-12/h4-9H,3H2,1-2H3,(H,19,20). The van der Waals surface area contributed by atoms with Crippen LogP contribution >= 0.6 is 34.4 Å². The highest BCUT2D eigenvalue weighted by atomic mass is 32.2. The summed E-state index contributed by atoms with van der Waals surface area (Å²) < 4.78 is 0. The monoisotopic (exact) mass is 361 g/mol. The first-order valence-corrected chi connectivity index (χ1v) is 9.77. The van der Waals surface area contributed by atoms with Crippen LogP contribution in [-0.4, -0.2) is 21.6 Å². The molecule has 0 spiro atoms. The lowest BCUT2D eigenvalue weighted by Gasteiger charge is -2.04. The van der Waals surface area contributed by atoms with E-state index in [0.717, 1.165) is 26.4 Å². The van der Waals surface area contributed by atoms with Crippen LogP contribution in [0.25, 0.3) is 9.88 Å². The second-order valence-corrected chi connectivity index (χ2v) is 7.91. The average Bonchev–Trinajstić information content (AvgIpc) is 3.18. The van der Waals surface area contributed by atoms with E-state index in [9.17, 15) is 4.79 Å². The summed E-state index contributed by atoms with van der Waals surface area (Å²) in [6.07, 6.45) is 1.69. The smallest absolute Gasteiger partial charge is 0.267 e. The molecule has 1 amide bonds. The highest BCUT2D eigenvalue weighted by Gasteiger charge is 2.17. The summed E-state index contributed by atoms with van der Waals surface area (Å²) in [4.78, 5) is 23.0. The molecule has 23 heavy (non-hydrogen) atoms. The van der Waals surface area contributed by atoms with Crippen molar-refractivity contribution in [2.45, 2.75) is 18.9 Å². The van der Waals surface area contributed by atoms with Crippen molar-refractivity contribution in [3.8, 4) is 9.88 Å². The van der Waals surface area contributed by atoms with E-state index in [0.29, 0.717) is 10.6 Å². The predicted molar refractivity (Wildman–Crippen MR) is 98.8 cm³/mol. The summed E-state index contributed by atoms with van der Waals surface area (Å²) in [5, 5.41) is 6.74. The molecular formula is C16H15N3OS3. The van der Waals surface area contributed by atoms with Gasteiger partial charge in [0.15, 0.2) is 0 Å². The molecule has 4 nitrogen and oxygen atoms in total. The van der Waals surface area contributed by atoms with E-state index in [1.807, 2.05) is 36.6 Å². The molecule has 0 aliphatic heterocycles. The number of nitrogens with zero attached hydrogens (tertiary/aromatic N) is 2. The number of hydrogen-bond acceptors (Lipinski definition) is 6. The maximum absolute atomic E-state index is 12.5. The third kappa shape index (κ3) is 3.80. The maximum atomic E-state index is 12.5. The van der Waals surface area contributed by atoms with Gasteiger partial charge in [0.2, 0.25) is 0 Å². The number of carbonyl (C=O) groups excluding carboxylic acids is 1. The number of rotatable bonds is 5. The Hall–Kier alpha value is -1.70. The van der Waals surface area contributed by atoms with Crippen LogP contribution in [0.5, 0.6) is 0 Å². The number of thiazole rings is 1. The Morgan fingerprint density at radius 2 is 2.22 bits per heavy atom. The Balaban J connectivity index is 1.75. The van der Waals surface area contributed by atoms with Crippen molar-refractivity contribution < 1.29 is 4.79 Å². The van der Waals surface area contributed by atoms with Gasteiger partial charge in [-0.2, -0.15) is 0 Å². The van der Waals surface area contributed by atoms with Gasteiger partial charge in [-0.25, -0.2) is 9.97 Å². The highest BCUT2D eigenvalue weighted by molar-refractivity contribution is 7.99. The Kier molecular flexibility index (Phi) is 5.09. The molecule has 0 fully saturated rings. The van der Waals surface area contributed by atoms with E-state index in [2.05, 4.69) is 22.2 Å². The summed E-state index contributed by atoms with van der Waals surface area (Å²) in [5.74, 6) is 0.838. The number of anilines is 1. The summed E-state index contributed by atoms with van der Waals surface area (Å²) in [5.41, 5.74) is 1.45. The first-order valence-electron chi connectivity index (χ1n) is 7.09. The van der Waals surface area contributed by atoms with Gasteiger partial charge in [0, 0.05) is 0 Å². The number of nitrogens with one attached hydrogen (secondary N) is 1. The SMILES string of the molecule is CCSc1ccc(NC(=O)c2sc(-c3cccs3)nc2C)cn1. The minimum atomic E-state index is -0.138. The van der Waals surface area contributed by atoms with Crippen molar-refractivity contribution in [3.63, 3.8) is 0 Å². The third-order valence-corrected chi connectivity index (χ3v) is 6.04. The van der Waals surface area contributed by atoms with Crippen LogP contribution in [0.15, 0.2) is 40.9 Å². The molecule has 0 aliphatic carbocycles. The number of thioether (sulfide) groups is 1. The molecular weight excluding hydrogens is 346 g/mol. The number of carbonyl (C=O) groups is 1. The Morgan fingerprint density at radius 3 is 2.87 bits per heavy atom. The van der Waals surface area contributed by atoms with Gasteiger partial charge in [0.25, 0.3) is 5.91 Å². The fourth-order valence-corrected chi connectivity index (χ4v) is 4.33. The van der Waals surface area contributed by atoms with Gasteiger partial charge in [-0.15, -0.1) is 34.4 Å². The fraction of sp³-hybridized carbons (Fsp3) is 0.188. The first kappa shape index (κ1) is 16.2. The number of hydrogen-bond donors (Lipinski definition) is 1. The van der Waals surface area contributed by atoms with Gasteiger partial charge < -0.3 is 5.32 Å².